The first kappa shape index (κ1) is 35.0. The molecule has 250 valence electrons. The van der Waals surface area contributed by atoms with E-state index in [0.717, 1.165) is 25.3 Å². The first-order valence-corrected chi connectivity index (χ1v) is 14.9. The Morgan fingerprint density at radius 1 is 0.913 bits per heavy atom. The van der Waals surface area contributed by atoms with Crippen molar-refractivity contribution in [1.29, 1.82) is 0 Å². The predicted molar refractivity (Wildman–Crippen MR) is 153 cm³/mol. The number of benzene rings is 2. The maximum atomic E-state index is 13.2. The van der Waals surface area contributed by atoms with Crippen LogP contribution in [0, 0.1) is 0 Å². The Morgan fingerprint density at radius 3 is 2.33 bits per heavy atom. The second kappa shape index (κ2) is 15.6. The lowest BCUT2D eigenvalue weighted by molar-refractivity contribution is -0.200. The molecule has 2 aliphatic rings. The number of nitrogens with one attached hydrogen (secondary N) is 2. The summed E-state index contributed by atoms with van der Waals surface area (Å²) < 4.78 is 90.3. The normalized spacial score (nSPS) is 17.8. The van der Waals surface area contributed by atoms with Crippen molar-refractivity contribution in [2.45, 2.75) is 76.4 Å². The molecule has 2 N–H and O–H groups in total. The Hall–Kier alpha value is -3.91. The number of allylic oxidation sites excluding steroid dienone is 1. The van der Waals surface area contributed by atoms with Crippen LogP contribution in [0.5, 0.6) is 5.75 Å². The van der Waals surface area contributed by atoms with Gasteiger partial charge in [0.25, 0.3) is 5.91 Å². The fourth-order valence-corrected chi connectivity index (χ4v) is 5.05. The summed E-state index contributed by atoms with van der Waals surface area (Å²) >= 11 is 0. The molecular formula is C32H34F6N2O6. The summed E-state index contributed by atoms with van der Waals surface area (Å²) in [7, 11) is 0. The van der Waals surface area contributed by atoms with Gasteiger partial charge in [0.15, 0.2) is 18.7 Å². The molecule has 2 aromatic carbocycles. The molecule has 0 bridgehead atoms. The highest BCUT2D eigenvalue weighted by atomic mass is 19.4. The van der Waals surface area contributed by atoms with Crippen LogP contribution in [-0.4, -0.2) is 43.6 Å². The molecule has 0 saturated carbocycles. The van der Waals surface area contributed by atoms with Crippen molar-refractivity contribution < 1.29 is 55.0 Å². The molecule has 1 aliphatic carbocycles. The number of hydrogen-bond acceptors (Lipinski definition) is 6. The van der Waals surface area contributed by atoms with Crippen molar-refractivity contribution in [3.8, 4) is 5.75 Å². The van der Waals surface area contributed by atoms with Gasteiger partial charge in [-0.05, 0) is 92.1 Å². The number of alkyl halides is 6. The number of aryl methyl sites for hydroxylation is 1. The average molecular weight is 657 g/mol. The zero-order valence-electron chi connectivity index (χ0n) is 24.8. The molecule has 0 radical (unpaired) electrons. The first-order valence-electron chi connectivity index (χ1n) is 14.9. The number of ketones is 1. The van der Waals surface area contributed by atoms with Crippen molar-refractivity contribution in [3.05, 3.63) is 69.8 Å². The molecule has 14 heteroatoms. The van der Waals surface area contributed by atoms with Crippen LogP contribution in [0.2, 0.25) is 0 Å². The van der Waals surface area contributed by atoms with E-state index in [-0.39, 0.29) is 54.0 Å². The molecule has 0 spiro atoms. The van der Waals surface area contributed by atoms with E-state index in [9.17, 15) is 40.7 Å². The third-order valence-corrected chi connectivity index (χ3v) is 7.44. The predicted octanol–water partition coefficient (Wildman–Crippen LogP) is 6.57. The number of Topliss-reactive ketones (excluding diaryl/α,β-unsaturated/α-hetero) is 1. The summed E-state index contributed by atoms with van der Waals surface area (Å²) in [5.41, 5.74) is 0.0214. The van der Waals surface area contributed by atoms with Crippen molar-refractivity contribution in [1.82, 2.24) is 10.8 Å². The maximum Gasteiger partial charge on any atom is 0.416 e. The molecule has 1 fully saturated rings. The van der Waals surface area contributed by atoms with Gasteiger partial charge in [0.1, 0.15) is 5.75 Å². The van der Waals surface area contributed by atoms with E-state index in [1.807, 2.05) is 0 Å². The standard InChI is InChI=1S/C32H34F6N2O6/c33-31(34,35)23-15-20(16-24(18-23)32(36,37)38)14-22-9-8-21-17-25(10-11-26(21)30(22)43)45-19-28(42)39-12-4-1-2-6-27(41)40-46-29-7-3-5-13-44-29/h10-11,14-18,29H,1-9,12-13,19H2,(H,39,42)(H,40,41). The van der Waals surface area contributed by atoms with Crippen molar-refractivity contribution in [3.63, 3.8) is 0 Å². The summed E-state index contributed by atoms with van der Waals surface area (Å²) in [5.74, 6) is -0.786. The SMILES string of the molecule is O=C(COc1ccc2c(c1)CCC(=Cc1cc(C(F)(F)F)cc(C(F)(F)F)c1)C2=O)NCCCCCC(=O)NOC1CCCCO1. The van der Waals surface area contributed by atoms with Crippen LogP contribution >= 0.6 is 0 Å². The van der Waals surface area contributed by atoms with E-state index in [0.29, 0.717) is 62.3 Å². The van der Waals surface area contributed by atoms with Crippen molar-refractivity contribution in [2.75, 3.05) is 19.8 Å². The van der Waals surface area contributed by atoms with Crippen LogP contribution in [0.4, 0.5) is 26.3 Å². The molecule has 1 heterocycles. The van der Waals surface area contributed by atoms with E-state index in [4.69, 9.17) is 14.3 Å². The number of halogens is 6. The Kier molecular flexibility index (Phi) is 11.8. The van der Waals surface area contributed by atoms with E-state index < -0.39 is 35.6 Å². The Morgan fingerprint density at radius 2 is 1.65 bits per heavy atom. The zero-order valence-corrected chi connectivity index (χ0v) is 24.8. The van der Waals surface area contributed by atoms with E-state index in [1.165, 1.54) is 12.1 Å². The van der Waals surface area contributed by atoms with Gasteiger partial charge in [0.05, 0.1) is 11.1 Å². The number of ether oxygens (including phenoxy) is 2. The zero-order chi connectivity index (χ0) is 33.3. The summed E-state index contributed by atoms with van der Waals surface area (Å²) in [6, 6.07) is 5.70. The molecule has 1 atom stereocenters. The first-order chi connectivity index (χ1) is 21.8. The number of rotatable bonds is 12. The number of unbranched alkanes of at least 4 members (excludes halogenated alkanes) is 2. The fraction of sp³-hybridized carbons (Fsp3) is 0.469. The summed E-state index contributed by atoms with van der Waals surface area (Å²) in [5, 5.41) is 2.73. The molecular weight excluding hydrogens is 622 g/mol. The molecule has 0 aromatic heterocycles. The second-order valence-corrected chi connectivity index (χ2v) is 11.0. The average Bonchev–Trinajstić information content (AvgIpc) is 3.01. The molecule has 1 saturated heterocycles. The number of fused-ring (bicyclic) bond motifs is 1. The van der Waals surface area contributed by atoms with E-state index >= 15 is 0 Å². The number of amides is 2. The quantitative estimate of drug-likeness (QED) is 0.116. The molecule has 1 unspecified atom stereocenters. The van der Waals surface area contributed by atoms with E-state index in [1.54, 1.807) is 6.07 Å². The van der Waals surface area contributed by atoms with Gasteiger partial charge in [-0.2, -0.15) is 26.3 Å². The lowest BCUT2D eigenvalue weighted by Crippen LogP contribution is -2.33. The Balaban J connectivity index is 1.21. The van der Waals surface area contributed by atoms with Gasteiger partial charge in [-0.25, -0.2) is 10.3 Å². The van der Waals surface area contributed by atoms with Crippen LogP contribution in [0.1, 0.15) is 84.0 Å². The summed E-state index contributed by atoms with van der Waals surface area (Å²) in [4.78, 5) is 42.3. The van der Waals surface area contributed by atoms with Crippen LogP contribution < -0.4 is 15.5 Å². The van der Waals surface area contributed by atoms with Crippen LogP contribution in [-0.2, 0) is 37.9 Å². The van der Waals surface area contributed by atoms with Gasteiger partial charge in [0.2, 0.25) is 5.91 Å². The number of carbonyl (C=O) groups excluding carboxylic acids is 3. The second-order valence-electron chi connectivity index (χ2n) is 11.0. The molecule has 8 nitrogen and oxygen atoms in total. The third kappa shape index (κ3) is 10.3. The largest absolute Gasteiger partial charge is 0.484 e. The van der Waals surface area contributed by atoms with Crippen LogP contribution in [0.15, 0.2) is 42.0 Å². The molecule has 46 heavy (non-hydrogen) atoms. The smallest absolute Gasteiger partial charge is 0.416 e. The minimum atomic E-state index is -5.00. The fourth-order valence-electron chi connectivity index (χ4n) is 5.05. The molecule has 4 rings (SSSR count). The minimum Gasteiger partial charge on any atom is -0.484 e. The number of hydrogen-bond donors (Lipinski definition) is 2. The van der Waals surface area contributed by atoms with Gasteiger partial charge in [-0.3, -0.25) is 14.4 Å². The minimum absolute atomic E-state index is 0.0381. The molecule has 1 aliphatic heterocycles. The van der Waals surface area contributed by atoms with Gasteiger partial charge in [0, 0.05) is 37.1 Å². The van der Waals surface area contributed by atoms with Gasteiger partial charge in [-0.15, -0.1) is 0 Å². The van der Waals surface area contributed by atoms with Crippen molar-refractivity contribution >= 4 is 23.7 Å². The highest BCUT2D eigenvalue weighted by Crippen LogP contribution is 2.37. The molecule has 2 aromatic rings. The van der Waals surface area contributed by atoms with E-state index in [2.05, 4.69) is 10.8 Å². The molecule has 2 amide bonds. The number of carbonyl (C=O) groups is 3. The van der Waals surface area contributed by atoms with Crippen LogP contribution in [0.25, 0.3) is 6.08 Å². The lowest BCUT2D eigenvalue weighted by Gasteiger charge is -2.22. The van der Waals surface area contributed by atoms with Crippen LogP contribution in [0.3, 0.4) is 0 Å². The Labute approximate surface area is 261 Å². The summed E-state index contributed by atoms with van der Waals surface area (Å²) in [6.45, 7) is 0.724. The highest BCUT2D eigenvalue weighted by molar-refractivity contribution is 6.13. The third-order valence-electron chi connectivity index (χ3n) is 7.44. The maximum absolute atomic E-state index is 13.2. The highest BCUT2D eigenvalue weighted by Gasteiger charge is 2.37. The Bertz CT molecular complexity index is 1400. The topological polar surface area (TPSA) is 103 Å². The van der Waals surface area contributed by atoms with Gasteiger partial charge >= 0.3 is 12.4 Å². The summed E-state index contributed by atoms with van der Waals surface area (Å²) in [6.07, 6.45) is -3.98. The van der Waals surface area contributed by atoms with Gasteiger partial charge < -0.3 is 14.8 Å². The lowest BCUT2D eigenvalue weighted by atomic mass is 9.85. The van der Waals surface area contributed by atoms with Gasteiger partial charge in [-0.1, -0.05) is 6.42 Å². The monoisotopic (exact) mass is 656 g/mol. The number of hydroxylamine groups is 1. The van der Waals surface area contributed by atoms with Crippen molar-refractivity contribution in [2.24, 2.45) is 0 Å².